The molecule has 1 saturated carbocycles. The van der Waals surface area contributed by atoms with Gasteiger partial charge in [0.25, 0.3) is 0 Å². The maximum absolute atomic E-state index is 11.5. The van der Waals surface area contributed by atoms with E-state index in [1.54, 1.807) is 6.92 Å². The largest absolute Gasteiger partial charge is 0.464 e. The zero-order valence-corrected chi connectivity index (χ0v) is 9.90. The Morgan fingerprint density at radius 2 is 2.38 bits per heavy atom. The lowest BCUT2D eigenvalue weighted by molar-refractivity contribution is -0.158. The minimum atomic E-state index is -1.30. The molecule has 0 heterocycles. The van der Waals surface area contributed by atoms with Crippen LogP contribution >= 0.6 is 0 Å². The summed E-state index contributed by atoms with van der Waals surface area (Å²) in [6.45, 7) is 3.98. The van der Waals surface area contributed by atoms with E-state index in [-0.39, 0.29) is 6.61 Å². The summed E-state index contributed by atoms with van der Waals surface area (Å²) in [7, 11) is 0. The second-order valence-electron chi connectivity index (χ2n) is 4.44. The van der Waals surface area contributed by atoms with E-state index in [1.165, 1.54) is 0 Å². The van der Waals surface area contributed by atoms with Crippen LogP contribution in [0.3, 0.4) is 0 Å². The van der Waals surface area contributed by atoms with E-state index in [9.17, 15) is 15.2 Å². The van der Waals surface area contributed by atoms with Gasteiger partial charge >= 0.3 is 5.97 Å². The highest BCUT2D eigenvalue weighted by molar-refractivity contribution is 5.76. The molecule has 0 saturated heterocycles. The lowest BCUT2D eigenvalue weighted by Crippen LogP contribution is -2.39. The number of nitriles is 1. The van der Waals surface area contributed by atoms with Gasteiger partial charge < -0.3 is 9.84 Å². The molecule has 0 spiro atoms. The number of rotatable bonds is 4. The molecule has 1 aliphatic carbocycles. The van der Waals surface area contributed by atoms with Crippen LogP contribution in [0, 0.1) is 22.7 Å². The van der Waals surface area contributed by atoms with Crippen LogP contribution in [0.2, 0.25) is 0 Å². The third-order valence-electron chi connectivity index (χ3n) is 3.48. The van der Waals surface area contributed by atoms with Crippen molar-refractivity contribution in [2.75, 3.05) is 6.61 Å². The molecule has 90 valence electrons. The molecule has 0 amide bonds. The molecule has 4 nitrogen and oxygen atoms in total. The maximum atomic E-state index is 11.5. The number of hydrogen-bond donors (Lipinski definition) is 1. The lowest BCUT2D eigenvalue weighted by atomic mass is 9.81. The number of hydrogen-bond acceptors (Lipinski definition) is 4. The minimum absolute atomic E-state index is 0.231. The summed E-state index contributed by atoms with van der Waals surface area (Å²) < 4.78 is 4.77. The molecule has 1 fully saturated rings. The van der Waals surface area contributed by atoms with Crippen molar-refractivity contribution in [1.82, 2.24) is 0 Å². The van der Waals surface area contributed by atoms with Crippen molar-refractivity contribution in [3.63, 3.8) is 0 Å². The average molecular weight is 225 g/mol. The molecule has 1 rings (SSSR count). The fraction of sp³-hybridized carbons (Fsp3) is 0.833. The quantitative estimate of drug-likeness (QED) is 0.738. The third kappa shape index (κ3) is 2.35. The van der Waals surface area contributed by atoms with Crippen molar-refractivity contribution >= 4 is 5.97 Å². The molecule has 0 aliphatic heterocycles. The molecule has 0 aromatic carbocycles. The van der Waals surface area contributed by atoms with Crippen molar-refractivity contribution in [2.45, 2.75) is 45.6 Å². The van der Waals surface area contributed by atoms with Gasteiger partial charge in [-0.05, 0) is 32.1 Å². The van der Waals surface area contributed by atoms with Gasteiger partial charge in [-0.25, -0.2) is 4.79 Å². The van der Waals surface area contributed by atoms with E-state index in [4.69, 9.17) is 4.74 Å². The van der Waals surface area contributed by atoms with Crippen molar-refractivity contribution in [1.29, 1.82) is 5.26 Å². The summed E-state index contributed by atoms with van der Waals surface area (Å²) in [4.78, 5) is 11.5. The first-order valence-electron chi connectivity index (χ1n) is 5.85. The average Bonchev–Trinajstić information content (AvgIpc) is 2.73. The number of esters is 1. The first-order chi connectivity index (χ1) is 7.59. The molecule has 1 aliphatic rings. The number of carbonyl (C=O) groups is 1. The monoisotopic (exact) mass is 225 g/mol. The summed E-state index contributed by atoms with van der Waals surface area (Å²) in [5.41, 5.74) is -0.924. The second-order valence-corrected chi connectivity index (χ2v) is 4.44. The standard InChI is InChI=1S/C12H19NO3/c1-3-9-5-6-12(7-9,8-13)10(14)11(15)16-4-2/h9-10,14H,3-7H2,1-2H3. The van der Waals surface area contributed by atoms with Gasteiger partial charge in [-0.3, -0.25) is 0 Å². The van der Waals surface area contributed by atoms with Gasteiger partial charge in [0, 0.05) is 0 Å². The van der Waals surface area contributed by atoms with Crippen molar-refractivity contribution in [3.05, 3.63) is 0 Å². The first kappa shape index (κ1) is 13.0. The zero-order chi connectivity index (χ0) is 12.2. The van der Waals surface area contributed by atoms with Crippen LogP contribution in [0.25, 0.3) is 0 Å². The number of ether oxygens (including phenoxy) is 1. The topological polar surface area (TPSA) is 70.3 Å². The molecule has 16 heavy (non-hydrogen) atoms. The Kier molecular flexibility index (Phi) is 4.31. The van der Waals surface area contributed by atoms with E-state index in [1.807, 2.05) is 0 Å². The molecule has 0 bridgehead atoms. The van der Waals surface area contributed by atoms with Crippen molar-refractivity contribution in [3.8, 4) is 6.07 Å². The summed E-state index contributed by atoms with van der Waals surface area (Å²) in [6.07, 6.45) is 1.77. The van der Waals surface area contributed by atoms with Gasteiger partial charge in [0.1, 0.15) is 0 Å². The van der Waals surface area contributed by atoms with E-state index < -0.39 is 17.5 Å². The van der Waals surface area contributed by atoms with Gasteiger partial charge in [0.2, 0.25) is 0 Å². The van der Waals surface area contributed by atoms with Crippen molar-refractivity contribution < 1.29 is 14.6 Å². The molecule has 3 unspecified atom stereocenters. The van der Waals surface area contributed by atoms with Gasteiger partial charge in [-0.1, -0.05) is 13.3 Å². The number of aliphatic hydroxyl groups is 1. The highest BCUT2D eigenvalue weighted by Gasteiger charge is 2.48. The van der Waals surface area contributed by atoms with Gasteiger partial charge in [0.05, 0.1) is 18.1 Å². The van der Waals surface area contributed by atoms with Crippen LogP contribution < -0.4 is 0 Å². The molecular formula is C12H19NO3. The molecule has 0 aromatic heterocycles. The molecule has 1 N–H and O–H groups in total. The van der Waals surface area contributed by atoms with E-state index in [0.29, 0.717) is 18.8 Å². The number of carbonyl (C=O) groups excluding carboxylic acids is 1. The molecule has 0 radical (unpaired) electrons. The van der Waals surface area contributed by atoms with E-state index >= 15 is 0 Å². The summed E-state index contributed by atoms with van der Waals surface area (Å²) in [6, 6.07) is 2.13. The Bertz CT molecular complexity index is 297. The van der Waals surface area contributed by atoms with Crippen molar-refractivity contribution in [2.24, 2.45) is 11.3 Å². The Labute approximate surface area is 96.2 Å². The van der Waals surface area contributed by atoms with Crippen LogP contribution in [-0.2, 0) is 9.53 Å². The minimum Gasteiger partial charge on any atom is -0.464 e. The second kappa shape index (κ2) is 5.31. The van der Waals surface area contributed by atoms with Gasteiger partial charge in [-0.15, -0.1) is 0 Å². The van der Waals surface area contributed by atoms with Crippen LogP contribution in [-0.4, -0.2) is 23.8 Å². The molecule has 4 heteroatoms. The van der Waals surface area contributed by atoms with Gasteiger partial charge in [0.15, 0.2) is 6.10 Å². The molecule has 3 atom stereocenters. The highest BCUT2D eigenvalue weighted by Crippen LogP contribution is 2.45. The lowest BCUT2D eigenvalue weighted by Gasteiger charge is -2.25. The summed E-state index contributed by atoms with van der Waals surface area (Å²) >= 11 is 0. The maximum Gasteiger partial charge on any atom is 0.336 e. The van der Waals surface area contributed by atoms with Crippen LogP contribution in [0.15, 0.2) is 0 Å². The zero-order valence-electron chi connectivity index (χ0n) is 9.90. The smallest absolute Gasteiger partial charge is 0.336 e. The Hall–Kier alpha value is -1.08. The van der Waals surface area contributed by atoms with Crippen LogP contribution in [0.4, 0.5) is 0 Å². The number of nitrogens with zero attached hydrogens (tertiary/aromatic N) is 1. The molecular weight excluding hydrogens is 206 g/mol. The van der Waals surface area contributed by atoms with E-state index in [0.717, 1.165) is 12.8 Å². The summed E-state index contributed by atoms with van der Waals surface area (Å²) in [5.74, 6) is -0.232. The number of aliphatic hydroxyl groups excluding tert-OH is 1. The van der Waals surface area contributed by atoms with Crippen LogP contribution in [0.1, 0.15) is 39.5 Å². The normalized spacial score (nSPS) is 30.8. The Morgan fingerprint density at radius 3 is 2.81 bits per heavy atom. The Morgan fingerprint density at radius 1 is 1.69 bits per heavy atom. The predicted molar refractivity (Wildman–Crippen MR) is 58.3 cm³/mol. The fourth-order valence-electron chi connectivity index (χ4n) is 2.39. The predicted octanol–water partition coefficient (Wildman–Crippen LogP) is 1.63. The van der Waals surface area contributed by atoms with E-state index in [2.05, 4.69) is 13.0 Å². The fourth-order valence-corrected chi connectivity index (χ4v) is 2.39. The first-order valence-corrected chi connectivity index (χ1v) is 5.85. The highest BCUT2D eigenvalue weighted by atomic mass is 16.5. The SMILES string of the molecule is CCOC(=O)C(O)C1(C#N)CCC(CC)C1. The summed E-state index contributed by atoms with van der Waals surface area (Å²) in [5, 5.41) is 19.1. The third-order valence-corrected chi connectivity index (χ3v) is 3.48. The molecule has 0 aromatic rings. The van der Waals surface area contributed by atoms with Gasteiger partial charge in [-0.2, -0.15) is 5.26 Å². The van der Waals surface area contributed by atoms with Crippen LogP contribution in [0.5, 0.6) is 0 Å². The Balaban J connectivity index is 2.75.